The molecule has 0 bridgehead atoms. The second kappa shape index (κ2) is 11.9. The van der Waals surface area contributed by atoms with E-state index in [1.54, 1.807) is 0 Å². The molecule has 2 heterocycles. The number of hydrogen-bond acceptors (Lipinski definition) is 3. The summed E-state index contributed by atoms with van der Waals surface area (Å²) in [7, 11) is 1.86. The van der Waals surface area contributed by atoms with Crippen molar-refractivity contribution in [2.45, 2.75) is 38.0 Å². The lowest BCUT2D eigenvalue weighted by Crippen LogP contribution is -2.41. The predicted molar refractivity (Wildman–Crippen MR) is 131 cm³/mol. The Morgan fingerprint density at radius 2 is 2.14 bits per heavy atom. The predicted octanol–water partition coefficient (Wildman–Crippen LogP) is 3.94. The van der Waals surface area contributed by atoms with Crippen LogP contribution in [0.25, 0.3) is 0 Å². The Balaban J connectivity index is 0.00000280. The molecule has 1 unspecified atom stereocenters. The van der Waals surface area contributed by atoms with Gasteiger partial charge in [0, 0.05) is 51.3 Å². The van der Waals surface area contributed by atoms with Crippen LogP contribution >= 0.6 is 35.7 Å². The number of likely N-dealkylation sites (tertiary alicyclic amines) is 1. The molecule has 28 heavy (non-hydrogen) atoms. The van der Waals surface area contributed by atoms with Crippen molar-refractivity contribution in [1.29, 1.82) is 0 Å². The molecule has 1 N–H and O–H groups in total. The summed E-state index contributed by atoms with van der Waals surface area (Å²) in [6.07, 6.45) is 7.30. The summed E-state index contributed by atoms with van der Waals surface area (Å²) < 4.78 is 0. The summed E-state index contributed by atoms with van der Waals surface area (Å²) in [5, 5.41) is 3.54. The van der Waals surface area contributed by atoms with Crippen LogP contribution in [-0.4, -0.2) is 62.0 Å². The van der Waals surface area contributed by atoms with E-state index in [0.29, 0.717) is 11.8 Å². The maximum absolute atomic E-state index is 11.9. The van der Waals surface area contributed by atoms with E-state index in [1.165, 1.54) is 23.4 Å². The second-order valence-electron chi connectivity index (χ2n) is 7.31. The van der Waals surface area contributed by atoms with Crippen LogP contribution in [0.1, 0.15) is 43.6 Å². The molecular weight excluding hydrogens is 483 g/mol. The van der Waals surface area contributed by atoms with Gasteiger partial charge in [-0.2, -0.15) is 11.8 Å². The molecule has 3 rings (SSSR count). The van der Waals surface area contributed by atoms with Crippen LogP contribution in [0, 0.1) is 0 Å². The van der Waals surface area contributed by atoms with Crippen molar-refractivity contribution in [2.75, 3.05) is 50.1 Å². The molecular formula is C21H33IN4OS. The van der Waals surface area contributed by atoms with E-state index in [1.807, 2.05) is 23.7 Å². The van der Waals surface area contributed by atoms with Gasteiger partial charge in [-0.3, -0.25) is 9.79 Å². The highest BCUT2D eigenvalue weighted by Gasteiger charge is 2.31. The van der Waals surface area contributed by atoms with Crippen molar-refractivity contribution < 1.29 is 4.79 Å². The fourth-order valence-electron chi connectivity index (χ4n) is 4.06. The molecule has 1 saturated heterocycles. The highest BCUT2D eigenvalue weighted by atomic mass is 127. The number of unbranched alkanes of at least 4 members (excludes halogenated alkanes) is 1. The molecule has 1 atom stereocenters. The van der Waals surface area contributed by atoms with Crippen LogP contribution < -0.4 is 10.2 Å². The zero-order valence-electron chi connectivity index (χ0n) is 17.0. The van der Waals surface area contributed by atoms with E-state index in [4.69, 9.17) is 0 Å². The van der Waals surface area contributed by atoms with Crippen molar-refractivity contribution in [2.24, 2.45) is 4.99 Å². The van der Waals surface area contributed by atoms with Crippen molar-refractivity contribution in [1.82, 2.24) is 10.2 Å². The molecule has 0 saturated carbocycles. The van der Waals surface area contributed by atoms with Crippen molar-refractivity contribution in [3.05, 3.63) is 29.8 Å². The summed E-state index contributed by atoms with van der Waals surface area (Å²) >= 11 is 1.90. The highest BCUT2D eigenvalue weighted by Crippen LogP contribution is 2.38. The number of amides is 1. The third kappa shape index (κ3) is 5.78. The largest absolute Gasteiger partial charge is 0.356 e. The number of hydrogen-bond donors (Lipinski definition) is 1. The molecule has 156 valence electrons. The molecule has 0 aliphatic carbocycles. The molecule has 1 fully saturated rings. The van der Waals surface area contributed by atoms with Gasteiger partial charge in [-0.15, -0.1) is 24.0 Å². The summed E-state index contributed by atoms with van der Waals surface area (Å²) in [5.41, 5.74) is 2.64. The number of para-hydroxylation sites is 1. The van der Waals surface area contributed by atoms with Crippen molar-refractivity contribution >= 4 is 53.3 Å². The molecule has 7 heteroatoms. The maximum atomic E-state index is 11.9. The van der Waals surface area contributed by atoms with E-state index < -0.39 is 0 Å². The summed E-state index contributed by atoms with van der Waals surface area (Å²) in [6, 6.07) is 8.65. The van der Waals surface area contributed by atoms with Gasteiger partial charge in [-0.05, 0) is 49.3 Å². The number of benzene rings is 1. The van der Waals surface area contributed by atoms with Gasteiger partial charge in [0.1, 0.15) is 0 Å². The van der Waals surface area contributed by atoms with Crippen molar-refractivity contribution in [3.8, 4) is 0 Å². The third-order valence-electron chi connectivity index (χ3n) is 5.52. The molecule has 5 nitrogen and oxygen atoms in total. The smallest absolute Gasteiger partial charge is 0.222 e. The first-order valence-corrected chi connectivity index (χ1v) is 11.5. The number of halogens is 1. The number of nitrogens with zero attached hydrogens (tertiary/aromatic N) is 3. The number of anilines is 1. The highest BCUT2D eigenvalue weighted by molar-refractivity contribution is 14.0. The number of nitrogens with one attached hydrogen (secondary N) is 1. The Labute approximate surface area is 190 Å². The van der Waals surface area contributed by atoms with Gasteiger partial charge >= 0.3 is 0 Å². The first-order valence-electron chi connectivity index (χ1n) is 10.1. The molecule has 2 aliphatic heterocycles. The van der Waals surface area contributed by atoms with Gasteiger partial charge < -0.3 is 15.1 Å². The minimum absolute atomic E-state index is 0. The number of guanidine groups is 1. The third-order valence-corrected chi connectivity index (χ3v) is 6.21. The van der Waals surface area contributed by atoms with Gasteiger partial charge in [0.25, 0.3) is 0 Å². The van der Waals surface area contributed by atoms with Crippen LogP contribution in [0.5, 0.6) is 0 Å². The monoisotopic (exact) mass is 516 g/mol. The molecule has 0 aromatic heterocycles. The summed E-state index contributed by atoms with van der Waals surface area (Å²) in [4.78, 5) is 20.8. The quantitative estimate of drug-likeness (QED) is 0.246. The average molecular weight is 516 g/mol. The molecule has 1 aromatic carbocycles. The summed E-state index contributed by atoms with van der Waals surface area (Å²) in [6.45, 7) is 3.69. The molecule has 2 aliphatic rings. The molecule has 1 aromatic rings. The lowest BCUT2D eigenvalue weighted by molar-refractivity contribution is -0.127. The van der Waals surface area contributed by atoms with Gasteiger partial charge in [-0.25, -0.2) is 0 Å². The Morgan fingerprint density at radius 3 is 2.86 bits per heavy atom. The van der Waals surface area contributed by atoms with Gasteiger partial charge in [0.15, 0.2) is 5.96 Å². The lowest BCUT2D eigenvalue weighted by Gasteiger charge is -2.23. The Bertz CT molecular complexity index is 670. The lowest BCUT2D eigenvalue weighted by atomic mass is 9.98. The van der Waals surface area contributed by atoms with Gasteiger partial charge in [-0.1, -0.05) is 18.2 Å². The zero-order valence-corrected chi connectivity index (χ0v) is 20.2. The number of fused-ring (bicyclic) bond motifs is 1. The van der Waals surface area contributed by atoms with Crippen LogP contribution in [-0.2, 0) is 4.79 Å². The standard InChI is InChI=1S/C21H32N4OS.HI/c1-22-21(23-12-5-6-15-27-2)25-16-17(18-8-3-4-9-19(18)25)11-14-24-13-7-10-20(24)26;/h3-4,8-9,17H,5-7,10-16H2,1-2H3,(H,22,23);1H. The maximum Gasteiger partial charge on any atom is 0.222 e. The first-order chi connectivity index (χ1) is 13.2. The number of rotatable bonds is 8. The fraction of sp³-hybridized carbons (Fsp3) is 0.619. The normalized spacial score (nSPS) is 19.0. The van der Waals surface area contributed by atoms with Gasteiger partial charge in [0.2, 0.25) is 5.91 Å². The molecule has 0 radical (unpaired) electrons. The zero-order chi connectivity index (χ0) is 19.1. The minimum atomic E-state index is 0. The Hall–Kier alpha value is -0.960. The topological polar surface area (TPSA) is 47.9 Å². The molecule has 0 spiro atoms. The van der Waals surface area contributed by atoms with E-state index in [0.717, 1.165) is 57.8 Å². The average Bonchev–Trinajstić information content (AvgIpc) is 3.27. The van der Waals surface area contributed by atoms with Crippen molar-refractivity contribution in [3.63, 3.8) is 0 Å². The van der Waals surface area contributed by atoms with E-state index in [-0.39, 0.29) is 24.0 Å². The minimum Gasteiger partial charge on any atom is -0.356 e. The van der Waals surface area contributed by atoms with Crippen LogP contribution in [0.3, 0.4) is 0 Å². The van der Waals surface area contributed by atoms with E-state index in [9.17, 15) is 4.79 Å². The number of carbonyl (C=O) groups is 1. The number of carbonyl (C=O) groups excluding carboxylic acids is 1. The van der Waals surface area contributed by atoms with Crippen LogP contribution in [0.4, 0.5) is 5.69 Å². The van der Waals surface area contributed by atoms with Crippen LogP contribution in [0.2, 0.25) is 0 Å². The number of aliphatic imine (C=N–C) groups is 1. The van der Waals surface area contributed by atoms with E-state index >= 15 is 0 Å². The molecule has 1 amide bonds. The Kier molecular flexibility index (Phi) is 9.91. The van der Waals surface area contributed by atoms with Gasteiger partial charge in [0.05, 0.1) is 0 Å². The SMILES string of the molecule is CN=C(NCCCCSC)N1CC(CCN2CCCC2=O)c2ccccc21.I. The summed E-state index contributed by atoms with van der Waals surface area (Å²) in [5.74, 6) is 2.95. The fourth-order valence-corrected chi connectivity index (χ4v) is 4.55. The second-order valence-corrected chi connectivity index (χ2v) is 8.30. The number of thioether (sulfide) groups is 1. The van der Waals surface area contributed by atoms with Crippen LogP contribution in [0.15, 0.2) is 29.3 Å². The first kappa shape index (κ1) is 23.3. The van der Waals surface area contributed by atoms with E-state index in [2.05, 4.69) is 45.7 Å². The Morgan fingerprint density at radius 1 is 1.32 bits per heavy atom.